The number of carbonyl (C=O) groups excluding carboxylic acids is 1. The maximum Gasteiger partial charge on any atom is 0.209 e. The van der Waals surface area contributed by atoms with Crippen molar-refractivity contribution in [1.29, 1.82) is 0 Å². The molecule has 9 heavy (non-hydrogen) atoms. The summed E-state index contributed by atoms with van der Waals surface area (Å²) in [5.41, 5.74) is 0. The minimum absolute atomic E-state index is 0.178. The molecule has 0 saturated carbocycles. The molecule has 0 aliphatic rings. The normalized spacial score (nSPS) is 12.7. The number of hydrogen-bond donors (Lipinski definition) is 1. The second kappa shape index (κ2) is 5.56. The Bertz CT molecular complexity index is 75.5. The molecule has 0 spiro atoms. The number of carbonyl (C=O) groups is 1. The minimum Gasteiger partial charge on any atom is -0.351 e. The van der Waals surface area contributed by atoms with Gasteiger partial charge in [0.1, 0.15) is 0 Å². The van der Waals surface area contributed by atoms with Crippen LogP contribution in [0.2, 0.25) is 0 Å². The Balaban J connectivity index is 2.96. The molecule has 3 nitrogen and oxygen atoms in total. The molecular weight excluding hydrogens is 118 g/mol. The van der Waals surface area contributed by atoms with Crippen LogP contribution in [0.1, 0.15) is 20.3 Å². The van der Waals surface area contributed by atoms with Crippen LogP contribution in [0, 0.1) is 6.73 Å². The van der Waals surface area contributed by atoms with E-state index in [-0.39, 0.29) is 6.10 Å². The van der Waals surface area contributed by atoms with Crippen molar-refractivity contribution >= 4 is 6.41 Å². The molecule has 1 atom stereocenters. The summed E-state index contributed by atoms with van der Waals surface area (Å²) in [6.07, 6.45) is 1.69. The molecule has 1 amide bonds. The molecule has 0 aromatic carbocycles. The lowest BCUT2D eigenvalue weighted by atomic mass is 10.3. The van der Waals surface area contributed by atoms with E-state index in [0.29, 0.717) is 6.41 Å². The molecule has 0 bridgehead atoms. The zero-order valence-corrected chi connectivity index (χ0v) is 5.76. The van der Waals surface area contributed by atoms with E-state index in [9.17, 15) is 4.79 Å². The first-order chi connectivity index (χ1) is 4.31. The molecule has 0 saturated heterocycles. The molecule has 0 aliphatic carbocycles. The van der Waals surface area contributed by atoms with Crippen LogP contribution >= 0.6 is 0 Å². The minimum atomic E-state index is 0.178. The molecule has 1 unspecified atom stereocenters. The highest BCUT2D eigenvalue weighted by Crippen LogP contribution is 1.94. The van der Waals surface area contributed by atoms with Gasteiger partial charge in [-0.3, -0.25) is 4.79 Å². The number of nitrogens with one attached hydrogen (secondary N) is 1. The zero-order valence-electron chi connectivity index (χ0n) is 5.76. The quantitative estimate of drug-likeness (QED) is 0.438. The maximum atomic E-state index is 9.65. The molecule has 0 aromatic heterocycles. The molecule has 0 aromatic rings. The Kier molecular flexibility index (Phi) is 5.21. The Labute approximate surface area is 55.4 Å². The molecule has 0 fully saturated rings. The van der Waals surface area contributed by atoms with E-state index in [2.05, 4.69) is 5.32 Å². The lowest BCUT2D eigenvalue weighted by Crippen LogP contribution is -2.14. The average molecular weight is 130 g/mol. The summed E-state index contributed by atoms with van der Waals surface area (Å²) < 4.78 is 4.96. The summed E-state index contributed by atoms with van der Waals surface area (Å²) in [6, 6.07) is 0. The largest absolute Gasteiger partial charge is 0.351 e. The third kappa shape index (κ3) is 5.30. The molecule has 1 N–H and O–H groups in total. The number of amides is 1. The fourth-order valence-electron chi connectivity index (χ4n) is 0.279. The van der Waals surface area contributed by atoms with Crippen molar-refractivity contribution in [3.05, 3.63) is 6.73 Å². The third-order valence-corrected chi connectivity index (χ3v) is 1.01. The van der Waals surface area contributed by atoms with Crippen molar-refractivity contribution in [2.45, 2.75) is 26.4 Å². The van der Waals surface area contributed by atoms with Gasteiger partial charge in [0.2, 0.25) is 6.41 Å². The first-order valence-electron chi connectivity index (χ1n) is 2.98. The summed E-state index contributed by atoms with van der Waals surface area (Å²) in [6.45, 7) is 5.24. The van der Waals surface area contributed by atoms with Crippen molar-refractivity contribution in [2.24, 2.45) is 0 Å². The van der Waals surface area contributed by atoms with Crippen LogP contribution in [0.3, 0.4) is 0 Å². The average Bonchev–Trinajstić information content (AvgIpc) is 1.89. The Morgan fingerprint density at radius 2 is 2.44 bits per heavy atom. The lowest BCUT2D eigenvalue weighted by Gasteiger charge is -2.07. The van der Waals surface area contributed by atoms with Crippen LogP contribution in [-0.4, -0.2) is 12.5 Å². The monoisotopic (exact) mass is 130 g/mol. The van der Waals surface area contributed by atoms with E-state index in [1.807, 2.05) is 13.8 Å². The SMILES string of the molecule is CCC(C)O[CH]NC=O. The van der Waals surface area contributed by atoms with Gasteiger partial charge in [-0.05, 0) is 13.3 Å². The molecule has 3 heteroatoms. The van der Waals surface area contributed by atoms with Crippen LogP contribution < -0.4 is 5.32 Å². The first kappa shape index (κ1) is 8.43. The van der Waals surface area contributed by atoms with Gasteiger partial charge in [0.15, 0.2) is 6.73 Å². The van der Waals surface area contributed by atoms with Crippen molar-refractivity contribution in [2.75, 3.05) is 0 Å². The summed E-state index contributed by atoms with van der Waals surface area (Å²) in [5, 5.41) is 2.29. The summed E-state index contributed by atoms with van der Waals surface area (Å²) in [7, 11) is 0. The van der Waals surface area contributed by atoms with E-state index < -0.39 is 0 Å². The fraction of sp³-hybridized carbons (Fsp3) is 0.667. The number of ether oxygens (including phenoxy) is 1. The van der Waals surface area contributed by atoms with Crippen LogP contribution in [0.5, 0.6) is 0 Å². The highest BCUT2D eigenvalue weighted by Gasteiger charge is 1.95. The fourth-order valence-corrected chi connectivity index (χ4v) is 0.279. The summed E-state index contributed by atoms with van der Waals surface area (Å²) in [5.74, 6) is 0. The van der Waals surface area contributed by atoms with Gasteiger partial charge in [0, 0.05) is 0 Å². The molecule has 53 valence electrons. The van der Waals surface area contributed by atoms with E-state index in [4.69, 9.17) is 4.74 Å². The second-order valence-corrected chi connectivity index (χ2v) is 1.76. The Morgan fingerprint density at radius 3 is 2.89 bits per heavy atom. The van der Waals surface area contributed by atoms with Crippen molar-refractivity contribution in [3.8, 4) is 0 Å². The van der Waals surface area contributed by atoms with Gasteiger partial charge >= 0.3 is 0 Å². The zero-order chi connectivity index (χ0) is 7.11. The van der Waals surface area contributed by atoms with Gasteiger partial charge in [-0.1, -0.05) is 6.92 Å². The molecule has 0 rings (SSSR count). The van der Waals surface area contributed by atoms with Crippen molar-refractivity contribution < 1.29 is 9.53 Å². The molecule has 1 radical (unpaired) electrons. The number of rotatable bonds is 5. The third-order valence-electron chi connectivity index (χ3n) is 1.01. The highest BCUT2D eigenvalue weighted by atomic mass is 16.5. The topological polar surface area (TPSA) is 38.3 Å². The maximum absolute atomic E-state index is 9.65. The standard InChI is InChI=1S/C6H12NO2/c1-3-6(2)9-5-7-4-8/h4-6H,3H2,1-2H3,(H,7,8). The van der Waals surface area contributed by atoms with Gasteiger partial charge in [-0.2, -0.15) is 0 Å². The number of hydrogen-bond acceptors (Lipinski definition) is 2. The van der Waals surface area contributed by atoms with Gasteiger partial charge in [0.05, 0.1) is 6.10 Å². The van der Waals surface area contributed by atoms with Crippen molar-refractivity contribution in [3.63, 3.8) is 0 Å². The van der Waals surface area contributed by atoms with E-state index in [1.54, 1.807) is 0 Å². The van der Waals surface area contributed by atoms with Gasteiger partial charge in [-0.25, -0.2) is 0 Å². The van der Waals surface area contributed by atoms with Crippen LogP contribution in [0.25, 0.3) is 0 Å². The summed E-state index contributed by atoms with van der Waals surface area (Å²) in [4.78, 5) is 9.65. The van der Waals surface area contributed by atoms with Crippen LogP contribution in [0.15, 0.2) is 0 Å². The van der Waals surface area contributed by atoms with E-state index in [1.165, 1.54) is 6.73 Å². The first-order valence-corrected chi connectivity index (χ1v) is 2.98. The van der Waals surface area contributed by atoms with Crippen LogP contribution in [-0.2, 0) is 9.53 Å². The van der Waals surface area contributed by atoms with E-state index in [0.717, 1.165) is 6.42 Å². The molecule has 0 aliphatic heterocycles. The van der Waals surface area contributed by atoms with Crippen molar-refractivity contribution in [1.82, 2.24) is 5.32 Å². The predicted molar refractivity (Wildman–Crippen MR) is 34.3 cm³/mol. The lowest BCUT2D eigenvalue weighted by molar-refractivity contribution is -0.110. The Hall–Kier alpha value is -0.570. The molecule has 0 heterocycles. The van der Waals surface area contributed by atoms with Crippen LogP contribution in [0.4, 0.5) is 0 Å². The van der Waals surface area contributed by atoms with Gasteiger partial charge in [-0.15, -0.1) is 0 Å². The van der Waals surface area contributed by atoms with Gasteiger partial charge < -0.3 is 10.1 Å². The summed E-state index contributed by atoms with van der Waals surface area (Å²) >= 11 is 0. The second-order valence-electron chi connectivity index (χ2n) is 1.76. The highest BCUT2D eigenvalue weighted by molar-refractivity contribution is 5.46. The molecular formula is C6H12NO2. The predicted octanol–water partition coefficient (Wildman–Crippen LogP) is 0.667. The van der Waals surface area contributed by atoms with E-state index >= 15 is 0 Å². The smallest absolute Gasteiger partial charge is 0.209 e. The van der Waals surface area contributed by atoms with Gasteiger partial charge in [0.25, 0.3) is 0 Å². The Morgan fingerprint density at radius 1 is 1.78 bits per heavy atom.